The van der Waals surface area contributed by atoms with E-state index in [1.54, 1.807) is 0 Å². The van der Waals surface area contributed by atoms with Gasteiger partial charge in [0.1, 0.15) is 12.4 Å². The molecule has 0 bridgehead atoms. The Morgan fingerprint density at radius 2 is 1.81 bits per heavy atom. The van der Waals surface area contributed by atoms with Gasteiger partial charge in [0.15, 0.2) is 0 Å². The summed E-state index contributed by atoms with van der Waals surface area (Å²) in [6.07, 6.45) is 1.82. The summed E-state index contributed by atoms with van der Waals surface area (Å²) in [4.78, 5) is 15.2. The first-order chi connectivity index (χ1) is 13.0. The molecule has 2 aromatic carbocycles. The number of para-hydroxylation sites is 1. The quantitative estimate of drug-likeness (QED) is 0.906. The van der Waals surface area contributed by atoms with Gasteiger partial charge in [0, 0.05) is 25.2 Å². The number of carbonyl (C=O) groups is 1. The minimum absolute atomic E-state index is 0.0867. The smallest absolute Gasteiger partial charge is 0.226 e. The molecule has 142 valence electrons. The first-order valence-corrected chi connectivity index (χ1v) is 9.83. The van der Waals surface area contributed by atoms with Gasteiger partial charge in [-0.15, -0.1) is 0 Å². The SMILES string of the molecule is CC(C)(CNC(=O)[C@@H]1COc2ccccc2C1)N1CCc2ccccc2C1. The van der Waals surface area contributed by atoms with E-state index in [-0.39, 0.29) is 17.4 Å². The van der Waals surface area contributed by atoms with E-state index in [1.807, 2.05) is 24.3 Å². The van der Waals surface area contributed by atoms with Gasteiger partial charge in [-0.3, -0.25) is 9.69 Å². The number of carbonyl (C=O) groups excluding carboxylic acids is 1. The maximum Gasteiger partial charge on any atom is 0.226 e. The fourth-order valence-corrected chi connectivity index (χ4v) is 4.07. The number of fused-ring (bicyclic) bond motifs is 2. The van der Waals surface area contributed by atoms with Crippen LogP contribution in [0.3, 0.4) is 0 Å². The summed E-state index contributed by atoms with van der Waals surface area (Å²) in [6, 6.07) is 16.7. The second kappa shape index (κ2) is 7.35. The van der Waals surface area contributed by atoms with Gasteiger partial charge in [-0.25, -0.2) is 0 Å². The van der Waals surface area contributed by atoms with Crippen molar-refractivity contribution < 1.29 is 9.53 Å². The molecule has 1 amide bonds. The highest BCUT2D eigenvalue weighted by molar-refractivity contribution is 5.79. The molecule has 4 nitrogen and oxygen atoms in total. The summed E-state index contributed by atoms with van der Waals surface area (Å²) in [6.45, 7) is 7.51. The highest BCUT2D eigenvalue weighted by Crippen LogP contribution is 2.28. The van der Waals surface area contributed by atoms with Gasteiger partial charge in [-0.1, -0.05) is 42.5 Å². The highest BCUT2D eigenvalue weighted by atomic mass is 16.5. The van der Waals surface area contributed by atoms with Crippen LogP contribution >= 0.6 is 0 Å². The lowest BCUT2D eigenvalue weighted by atomic mass is 9.93. The molecular weight excluding hydrogens is 336 g/mol. The number of ether oxygens (including phenoxy) is 1. The second-order valence-corrected chi connectivity index (χ2v) is 8.29. The molecule has 2 heterocycles. The maximum absolute atomic E-state index is 12.7. The van der Waals surface area contributed by atoms with Gasteiger partial charge in [0.05, 0.1) is 5.92 Å². The molecule has 1 atom stereocenters. The first kappa shape index (κ1) is 18.1. The zero-order valence-corrected chi connectivity index (χ0v) is 16.2. The molecule has 0 saturated carbocycles. The summed E-state index contributed by atoms with van der Waals surface area (Å²) >= 11 is 0. The van der Waals surface area contributed by atoms with Crippen molar-refractivity contribution in [3.8, 4) is 5.75 Å². The lowest BCUT2D eigenvalue weighted by Crippen LogP contribution is -2.54. The van der Waals surface area contributed by atoms with Crippen molar-refractivity contribution in [1.82, 2.24) is 10.2 Å². The van der Waals surface area contributed by atoms with Gasteiger partial charge in [0.2, 0.25) is 5.91 Å². The van der Waals surface area contributed by atoms with E-state index in [1.165, 1.54) is 11.1 Å². The topological polar surface area (TPSA) is 41.6 Å². The number of nitrogens with zero attached hydrogens (tertiary/aromatic N) is 1. The number of rotatable bonds is 4. The van der Waals surface area contributed by atoms with Crippen LogP contribution in [0.4, 0.5) is 0 Å². The summed E-state index contributed by atoms with van der Waals surface area (Å²) in [5, 5.41) is 3.18. The third kappa shape index (κ3) is 3.86. The van der Waals surface area contributed by atoms with E-state index < -0.39 is 0 Å². The Balaban J connectivity index is 1.35. The Hall–Kier alpha value is -2.33. The zero-order valence-electron chi connectivity index (χ0n) is 16.2. The van der Waals surface area contributed by atoms with Crippen molar-refractivity contribution in [1.29, 1.82) is 0 Å². The van der Waals surface area contributed by atoms with Crippen LogP contribution in [0.15, 0.2) is 48.5 Å². The Labute approximate surface area is 161 Å². The van der Waals surface area contributed by atoms with Crippen LogP contribution in [0.25, 0.3) is 0 Å². The van der Waals surface area contributed by atoms with Crippen LogP contribution < -0.4 is 10.1 Å². The lowest BCUT2D eigenvalue weighted by Gasteiger charge is -2.42. The second-order valence-electron chi connectivity index (χ2n) is 8.29. The van der Waals surface area contributed by atoms with Crippen molar-refractivity contribution in [3.05, 3.63) is 65.2 Å². The van der Waals surface area contributed by atoms with Gasteiger partial charge >= 0.3 is 0 Å². The standard InChI is InChI=1S/C23H28N2O2/c1-23(2,25-12-11-17-7-3-4-9-19(17)14-25)16-24-22(26)20-13-18-8-5-6-10-21(18)27-15-20/h3-10,20H,11-16H2,1-2H3,(H,24,26)/t20-/m0/s1. The van der Waals surface area contributed by atoms with Crippen molar-refractivity contribution in [2.45, 2.75) is 38.8 Å². The van der Waals surface area contributed by atoms with Crippen molar-refractivity contribution in [3.63, 3.8) is 0 Å². The molecule has 4 heteroatoms. The van der Waals surface area contributed by atoms with Gasteiger partial charge in [-0.05, 0) is 49.4 Å². The van der Waals surface area contributed by atoms with Crippen LogP contribution in [-0.2, 0) is 24.2 Å². The van der Waals surface area contributed by atoms with Gasteiger partial charge < -0.3 is 10.1 Å². The molecule has 0 spiro atoms. The largest absolute Gasteiger partial charge is 0.492 e. The van der Waals surface area contributed by atoms with Gasteiger partial charge in [-0.2, -0.15) is 0 Å². The molecule has 0 unspecified atom stereocenters. The molecule has 0 aromatic heterocycles. The Bertz CT molecular complexity index is 831. The molecule has 2 aliphatic heterocycles. The third-order valence-electron chi connectivity index (χ3n) is 5.93. The predicted molar refractivity (Wildman–Crippen MR) is 107 cm³/mol. The average molecular weight is 364 g/mol. The fraction of sp³-hybridized carbons (Fsp3) is 0.435. The van der Waals surface area contributed by atoms with E-state index in [4.69, 9.17) is 4.74 Å². The van der Waals surface area contributed by atoms with Crippen molar-refractivity contribution in [2.75, 3.05) is 19.7 Å². The number of hydrogen-bond acceptors (Lipinski definition) is 3. The molecule has 27 heavy (non-hydrogen) atoms. The van der Waals surface area contributed by atoms with Crippen LogP contribution in [0.2, 0.25) is 0 Å². The van der Waals surface area contributed by atoms with E-state index >= 15 is 0 Å². The van der Waals surface area contributed by atoms with Crippen LogP contribution in [-0.4, -0.2) is 36.0 Å². The number of amides is 1. The first-order valence-electron chi connectivity index (χ1n) is 9.83. The fourth-order valence-electron chi connectivity index (χ4n) is 4.07. The van der Waals surface area contributed by atoms with E-state index in [0.717, 1.165) is 37.2 Å². The van der Waals surface area contributed by atoms with Gasteiger partial charge in [0.25, 0.3) is 0 Å². The van der Waals surface area contributed by atoms with Crippen LogP contribution in [0.5, 0.6) is 5.75 Å². The number of hydrogen-bond donors (Lipinski definition) is 1. The minimum atomic E-state index is -0.113. The average Bonchev–Trinajstić information content (AvgIpc) is 2.71. The third-order valence-corrected chi connectivity index (χ3v) is 5.93. The highest BCUT2D eigenvalue weighted by Gasteiger charge is 2.32. The van der Waals surface area contributed by atoms with E-state index in [9.17, 15) is 4.79 Å². The normalized spacial score (nSPS) is 19.6. The Morgan fingerprint density at radius 1 is 1.11 bits per heavy atom. The summed E-state index contributed by atoms with van der Waals surface area (Å²) < 4.78 is 5.77. The molecule has 1 N–H and O–H groups in total. The number of benzene rings is 2. The molecule has 2 aliphatic rings. The van der Waals surface area contributed by atoms with Crippen molar-refractivity contribution >= 4 is 5.91 Å². The van der Waals surface area contributed by atoms with E-state index in [2.05, 4.69) is 48.3 Å². The minimum Gasteiger partial charge on any atom is -0.492 e. The van der Waals surface area contributed by atoms with E-state index in [0.29, 0.717) is 13.2 Å². The monoisotopic (exact) mass is 364 g/mol. The van der Waals surface area contributed by atoms with Crippen LogP contribution in [0.1, 0.15) is 30.5 Å². The number of nitrogens with one attached hydrogen (secondary N) is 1. The molecule has 4 rings (SSSR count). The molecule has 0 radical (unpaired) electrons. The summed E-state index contributed by atoms with van der Waals surface area (Å²) in [7, 11) is 0. The molecule has 0 aliphatic carbocycles. The summed E-state index contributed by atoms with van der Waals surface area (Å²) in [5.41, 5.74) is 3.89. The van der Waals surface area contributed by atoms with Crippen LogP contribution in [0, 0.1) is 5.92 Å². The van der Waals surface area contributed by atoms with Crippen molar-refractivity contribution in [2.24, 2.45) is 5.92 Å². The summed E-state index contributed by atoms with van der Waals surface area (Å²) in [5.74, 6) is 0.890. The Morgan fingerprint density at radius 3 is 2.63 bits per heavy atom. The zero-order chi connectivity index (χ0) is 18.9. The predicted octanol–water partition coefficient (Wildman–Crippen LogP) is 3.19. The molecule has 0 saturated heterocycles. The lowest BCUT2D eigenvalue weighted by molar-refractivity contribution is -0.126. The molecular formula is C23H28N2O2. The molecule has 2 aromatic rings. The molecule has 0 fully saturated rings. The Kier molecular flexibility index (Phi) is 4.92. The maximum atomic E-state index is 12.7.